The van der Waals surface area contributed by atoms with Gasteiger partial charge in [-0.15, -0.1) is 0 Å². The van der Waals surface area contributed by atoms with Crippen LogP contribution in [0.2, 0.25) is 5.02 Å². The van der Waals surface area contributed by atoms with E-state index in [-0.39, 0.29) is 16.3 Å². The van der Waals surface area contributed by atoms with Gasteiger partial charge in [0.15, 0.2) is 0 Å². The number of nitrogens with one attached hydrogen (secondary N) is 1. The summed E-state index contributed by atoms with van der Waals surface area (Å²) in [5.74, 6) is -1.98. The van der Waals surface area contributed by atoms with Crippen LogP contribution in [-0.4, -0.2) is 14.2 Å². The van der Waals surface area contributed by atoms with Crippen molar-refractivity contribution < 1.29 is 17.9 Å². The van der Waals surface area contributed by atoms with Gasteiger partial charge in [-0.3, -0.25) is 0 Å². The Bertz CT molecular complexity index is 640. The van der Waals surface area contributed by atoms with Gasteiger partial charge >= 0.3 is 0 Å². The molecule has 2 nitrogen and oxygen atoms in total. The molecule has 0 amide bonds. The van der Waals surface area contributed by atoms with Crippen molar-refractivity contribution in [3.63, 3.8) is 0 Å². The molecule has 1 unspecified atom stereocenters. The molecule has 112 valence electrons. The second-order valence-corrected chi connectivity index (χ2v) is 4.80. The second kappa shape index (κ2) is 6.37. The summed E-state index contributed by atoms with van der Waals surface area (Å²) in [6.45, 7) is 0. The molecule has 0 heterocycles. The Morgan fingerprint density at radius 3 is 2.19 bits per heavy atom. The summed E-state index contributed by atoms with van der Waals surface area (Å²) in [6.07, 6.45) is 0. The van der Waals surface area contributed by atoms with Gasteiger partial charge in [-0.05, 0) is 24.7 Å². The normalized spacial score (nSPS) is 12.3. The minimum atomic E-state index is -0.844. The fraction of sp³-hybridized carbons (Fsp3) is 0.200. The standard InChI is InChI=1S/C15H13ClF3NO/c1-20-15(10-4-3-8(17)5-11(10)16)14-12(18)6-9(21-2)7-13(14)19/h3-7,15,20H,1-2H3. The van der Waals surface area contributed by atoms with Crippen LogP contribution in [0.1, 0.15) is 17.2 Å². The number of halogens is 4. The zero-order chi connectivity index (χ0) is 15.6. The second-order valence-electron chi connectivity index (χ2n) is 4.39. The van der Waals surface area contributed by atoms with E-state index < -0.39 is 23.5 Å². The van der Waals surface area contributed by atoms with E-state index in [0.29, 0.717) is 5.56 Å². The molecule has 21 heavy (non-hydrogen) atoms. The molecule has 0 aliphatic heterocycles. The van der Waals surface area contributed by atoms with Gasteiger partial charge in [-0.2, -0.15) is 0 Å². The van der Waals surface area contributed by atoms with Crippen molar-refractivity contribution >= 4 is 11.6 Å². The third-order valence-corrected chi connectivity index (χ3v) is 3.47. The Morgan fingerprint density at radius 2 is 1.71 bits per heavy atom. The van der Waals surface area contributed by atoms with E-state index in [1.165, 1.54) is 26.3 Å². The number of hydrogen-bond donors (Lipinski definition) is 1. The average Bonchev–Trinajstić information content (AvgIpc) is 2.43. The van der Waals surface area contributed by atoms with E-state index in [1.54, 1.807) is 0 Å². The first kappa shape index (κ1) is 15.7. The van der Waals surface area contributed by atoms with Crippen molar-refractivity contribution in [2.75, 3.05) is 14.2 Å². The molecule has 0 aromatic heterocycles. The Morgan fingerprint density at radius 1 is 1.10 bits per heavy atom. The smallest absolute Gasteiger partial charge is 0.134 e. The van der Waals surface area contributed by atoms with Crippen molar-refractivity contribution in [3.8, 4) is 5.75 Å². The van der Waals surface area contributed by atoms with Crippen LogP contribution in [0, 0.1) is 17.5 Å². The summed E-state index contributed by atoms with van der Waals surface area (Å²) in [4.78, 5) is 0. The number of rotatable bonds is 4. The molecule has 2 rings (SSSR count). The highest BCUT2D eigenvalue weighted by Crippen LogP contribution is 2.33. The summed E-state index contributed by atoms with van der Waals surface area (Å²) < 4.78 is 46.2. The zero-order valence-electron chi connectivity index (χ0n) is 11.4. The molecule has 0 fully saturated rings. The number of hydrogen-bond acceptors (Lipinski definition) is 2. The Kier molecular flexibility index (Phi) is 4.75. The molecule has 0 saturated carbocycles. The SMILES string of the molecule is CNC(c1ccc(F)cc1Cl)c1c(F)cc(OC)cc1F. The lowest BCUT2D eigenvalue weighted by molar-refractivity contribution is 0.403. The van der Waals surface area contributed by atoms with Crippen molar-refractivity contribution in [1.82, 2.24) is 5.32 Å². The quantitative estimate of drug-likeness (QED) is 0.918. The van der Waals surface area contributed by atoms with Crippen LogP contribution < -0.4 is 10.1 Å². The van der Waals surface area contributed by atoms with E-state index in [9.17, 15) is 13.2 Å². The summed E-state index contributed by atoms with van der Waals surface area (Å²) in [5.41, 5.74) is 0.176. The van der Waals surface area contributed by atoms with Crippen molar-refractivity contribution in [2.24, 2.45) is 0 Å². The molecule has 0 saturated heterocycles. The molecule has 2 aromatic rings. The topological polar surface area (TPSA) is 21.3 Å². The van der Waals surface area contributed by atoms with Gasteiger partial charge in [0.25, 0.3) is 0 Å². The maximum atomic E-state index is 14.2. The lowest BCUT2D eigenvalue weighted by atomic mass is 9.97. The molecule has 0 aliphatic rings. The van der Waals surface area contributed by atoms with Crippen LogP contribution in [0.4, 0.5) is 13.2 Å². The van der Waals surface area contributed by atoms with E-state index in [4.69, 9.17) is 16.3 Å². The van der Waals surface area contributed by atoms with Crippen LogP contribution in [0.25, 0.3) is 0 Å². The van der Waals surface area contributed by atoms with Gasteiger partial charge in [0.05, 0.1) is 13.2 Å². The van der Waals surface area contributed by atoms with E-state index in [1.807, 2.05) is 0 Å². The molecule has 0 radical (unpaired) electrons. The summed E-state index contributed by atoms with van der Waals surface area (Å²) in [7, 11) is 2.85. The molecule has 0 bridgehead atoms. The summed E-state index contributed by atoms with van der Waals surface area (Å²) >= 11 is 5.97. The van der Waals surface area contributed by atoms with Gasteiger partial charge < -0.3 is 10.1 Å². The monoisotopic (exact) mass is 315 g/mol. The number of methoxy groups -OCH3 is 1. The van der Waals surface area contributed by atoms with E-state index >= 15 is 0 Å². The zero-order valence-corrected chi connectivity index (χ0v) is 12.1. The van der Waals surface area contributed by atoms with Crippen LogP contribution in [0.15, 0.2) is 30.3 Å². The fourth-order valence-corrected chi connectivity index (χ4v) is 2.42. The van der Waals surface area contributed by atoms with Crippen molar-refractivity contribution in [2.45, 2.75) is 6.04 Å². The highest BCUT2D eigenvalue weighted by molar-refractivity contribution is 6.31. The fourth-order valence-electron chi connectivity index (χ4n) is 2.15. The average molecular weight is 316 g/mol. The first-order valence-electron chi connectivity index (χ1n) is 6.13. The van der Waals surface area contributed by atoms with Crippen molar-refractivity contribution in [3.05, 3.63) is 63.9 Å². The third-order valence-electron chi connectivity index (χ3n) is 3.14. The lowest BCUT2D eigenvalue weighted by Gasteiger charge is -2.20. The third kappa shape index (κ3) is 3.14. The van der Waals surface area contributed by atoms with Gasteiger partial charge in [0.1, 0.15) is 23.2 Å². The van der Waals surface area contributed by atoms with Crippen molar-refractivity contribution in [1.29, 1.82) is 0 Å². The van der Waals surface area contributed by atoms with Crippen LogP contribution >= 0.6 is 11.6 Å². The molecule has 6 heteroatoms. The maximum Gasteiger partial charge on any atom is 0.134 e. The van der Waals surface area contributed by atoms with Gasteiger partial charge in [0, 0.05) is 22.7 Å². The lowest BCUT2D eigenvalue weighted by Crippen LogP contribution is -2.21. The van der Waals surface area contributed by atoms with Gasteiger partial charge in [-0.1, -0.05) is 17.7 Å². The van der Waals surface area contributed by atoms with Gasteiger partial charge in [0.2, 0.25) is 0 Å². The molecule has 0 spiro atoms. The van der Waals surface area contributed by atoms with E-state index in [2.05, 4.69) is 5.32 Å². The Balaban J connectivity index is 2.56. The maximum absolute atomic E-state index is 14.2. The van der Waals surface area contributed by atoms with E-state index in [0.717, 1.165) is 18.2 Å². The summed E-state index contributed by atoms with van der Waals surface area (Å²) in [6, 6.07) is 5.00. The minimum Gasteiger partial charge on any atom is -0.497 e. The Hall–Kier alpha value is -1.72. The predicted octanol–water partition coefficient (Wildman–Crippen LogP) is 4.07. The van der Waals surface area contributed by atoms with Crippen LogP contribution in [0.5, 0.6) is 5.75 Å². The Labute approximate surface area is 125 Å². The first-order valence-corrected chi connectivity index (χ1v) is 6.51. The predicted molar refractivity (Wildman–Crippen MR) is 75.2 cm³/mol. The largest absolute Gasteiger partial charge is 0.497 e. The molecular weight excluding hydrogens is 303 g/mol. The minimum absolute atomic E-state index is 0.0776. The number of ether oxygens (including phenoxy) is 1. The number of benzene rings is 2. The van der Waals surface area contributed by atoms with Crippen LogP contribution in [-0.2, 0) is 0 Å². The molecule has 1 atom stereocenters. The molecule has 2 aromatic carbocycles. The highest BCUT2D eigenvalue weighted by Gasteiger charge is 2.23. The molecular formula is C15H13ClF3NO. The summed E-state index contributed by atoms with van der Waals surface area (Å²) in [5, 5.41) is 2.87. The molecule has 0 aliphatic carbocycles. The first-order chi connectivity index (χ1) is 9.97. The molecule has 1 N–H and O–H groups in total. The van der Waals surface area contributed by atoms with Crippen LogP contribution in [0.3, 0.4) is 0 Å². The highest BCUT2D eigenvalue weighted by atomic mass is 35.5. The van der Waals surface area contributed by atoms with Gasteiger partial charge in [-0.25, -0.2) is 13.2 Å².